The molecule has 0 bridgehead atoms. The minimum absolute atomic E-state index is 0.00401. The molecule has 0 unspecified atom stereocenters. The quantitative estimate of drug-likeness (QED) is 0.195. The number of fused-ring (bicyclic) bond motifs is 1. The molecule has 2 heterocycles. The summed E-state index contributed by atoms with van der Waals surface area (Å²) in [6.07, 6.45) is 1.99. The lowest BCUT2D eigenvalue weighted by Crippen LogP contribution is -2.46. The van der Waals surface area contributed by atoms with Gasteiger partial charge in [-0.15, -0.1) is 0 Å². The van der Waals surface area contributed by atoms with Crippen LogP contribution < -0.4 is 5.32 Å². The highest BCUT2D eigenvalue weighted by Gasteiger charge is 2.29. The summed E-state index contributed by atoms with van der Waals surface area (Å²) in [5, 5.41) is 3.07. The monoisotopic (exact) mass is 467 g/mol. The zero-order valence-electron chi connectivity index (χ0n) is 19.1. The lowest BCUT2D eigenvalue weighted by atomic mass is 10.1. The maximum atomic E-state index is 12.5. The second-order valence-electron chi connectivity index (χ2n) is 8.83. The van der Waals surface area contributed by atoms with Gasteiger partial charge in [-0.3, -0.25) is 4.79 Å². The summed E-state index contributed by atoms with van der Waals surface area (Å²) in [7, 11) is 0. The Kier molecular flexibility index (Phi) is 8.42. The molecule has 2 rings (SSSR count). The van der Waals surface area contributed by atoms with Crippen LogP contribution in [0.2, 0.25) is 0 Å². The van der Waals surface area contributed by atoms with Crippen molar-refractivity contribution < 1.29 is 28.6 Å². The topological polar surface area (TPSA) is 145 Å². The Morgan fingerprint density at radius 3 is 2.41 bits per heavy atom. The molecule has 0 aromatic carbocycles. The molecule has 1 amide bonds. The van der Waals surface area contributed by atoms with Crippen LogP contribution in [0, 0.1) is 0 Å². The Labute approximate surface area is 190 Å². The molecular formula is C20H29N5O6S. The number of imidazole rings is 1. The first-order valence-electron chi connectivity index (χ1n) is 9.99. The van der Waals surface area contributed by atoms with Crippen molar-refractivity contribution in [2.75, 3.05) is 5.94 Å². The number of thioether (sulfide) groups is 1. The maximum absolute atomic E-state index is 12.5. The van der Waals surface area contributed by atoms with E-state index in [-0.39, 0.29) is 18.8 Å². The normalized spacial score (nSPS) is 12.8. The van der Waals surface area contributed by atoms with E-state index in [0.29, 0.717) is 16.2 Å². The van der Waals surface area contributed by atoms with E-state index >= 15 is 0 Å². The standard InChI is InChI=1S/C20H29N5O6S/c1-19(2,3)30-17(27)12(25-18(28)31-20(4,5)6)7-8-13(26)29-11-32-16-14-15(22-9-21-14)23-10-24-16/h9-10,12H,7-8,11H2,1-6H3,(H,25,28)(H,21,22,23,24)/t12-/m0/s1. The third-order valence-corrected chi connectivity index (χ3v) is 4.44. The fraction of sp³-hybridized carbons (Fsp3) is 0.600. The van der Waals surface area contributed by atoms with Crippen LogP contribution in [0.3, 0.4) is 0 Å². The number of carbonyl (C=O) groups is 3. The molecule has 0 fully saturated rings. The van der Waals surface area contributed by atoms with Crippen LogP contribution in [0.25, 0.3) is 11.2 Å². The van der Waals surface area contributed by atoms with E-state index in [1.165, 1.54) is 24.4 Å². The molecule has 0 saturated carbocycles. The smallest absolute Gasteiger partial charge is 0.408 e. The van der Waals surface area contributed by atoms with Crippen LogP contribution in [0.15, 0.2) is 17.7 Å². The molecule has 2 aromatic rings. The predicted molar refractivity (Wildman–Crippen MR) is 117 cm³/mol. The van der Waals surface area contributed by atoms with Gasteiger partial charge in [-0.2, -0.15) is 0 Å². The number of nitrogens with zero attached hydrogens (tertiary/aromatic N) is 3. The number of rotatable bonds is 8. The number of carbonyl (C=O) groups excluding carboxylic acids is 3. The van der Waals surface area contributed by atoms with E-state index in [0.717, 1.165) is 0 Å². The van der Waals surface area contributed by atoms with Crippen molar-refractivity contribution in [3.8, 4) is 0 Å². The van der Waals surface area contributed by atoms with Gasteiger partial charge in [0, 0.05) is 6.42 Å². The lowest BCUT2D eigenvalue weighted by Gasteiger charge is -2.26. The van der Waals surface area contributed by atoms with Gasteiger partial charge in [0.1, 0.15) is 40.1 Å². The van der Waals surface area contributed by atoms with Gasteiger partial charge < -0.3 is 24.5 Å². The molecule has 0 spiro atoms. The van der Waals surface area contributed by atoms with E-state index in [9.17, 15) is 14.4 Å². The Hall–Kier alpha value is -2.89. The number of esters is 2. The Morgan fingerprint density at radius 1 is 1.06 bits per heavy atom. The SMILES string of the molecule is CC(C)(C)OC(=O)N[C@@H](CCC(=O)OCSc1ncnc2nc[nH]c12)C(=O)OC(C)(C)C. The summed E-state index contributed by atoms with van der Waals surface area (Å²) in [6.45, 7) is 10.3. The summed E-state index contributed by atoms with van der Waals surface area (Å²) >= 11 is 1.20. The molecule has 32 heavy (non-hydrogen) atoms. The number of alkyl carbamates (subject to hydrolysis) is 1. The minimum Gasteiger partial charge on any atom is -0.458 e. The first-order chi connectivity index (χ1) is 14.8. The van der Waals surface area contributed by atoms with E-state index < -0.39 is 35.3 Å². The van der Waals surface area contributed by atoms with Gasteiger partial charge in [0.15, 0.2) is 5.65 Å². The van der Waals surface area contributed by atoms with E-state index in [2.05, 4.69) is 25.3 Å². The van der Waals surface area contributed by atoms with Crippen LogP contribution in [-0.2, 0) is 23.8 Å². The molecule has 0 aliphatic carbocycles. The van der Waals surface area contributed by atoms with E-state index in [4.69, 9.17) is 14.2 Å². The molecule has 12 heteroatoms. The van der Waals surface area contributed by atoms with Gasteiger partial charge in [-0.05, 0) is 48.0 Å². The number of ether oxygens (including phenoxy) is 3. The number of nitrogens with one attached hydrogen (secondary N) is 2. The van der Waals surface area contributed by atoms with Crippen molar-refractivity contribution in [2.24, 2.45) is 0 Å². The van der Waals surface area contributed by atoms with Crippen LogP contribution in [0.5, 0.6) is 0 Å². The van der Waals surface area contributed by atoms with Gasteiger partial charge in [-0.1, -0.05) is 11.8 Å². The summed E-state index contributed by atoms with van der Waals surface area (Å²) < 4.78 is 15.8. The van der Waals surface area contributed by atoms with Crippen LogP contribution >= 0.6 is 11.8 Å². The number of H-pyrrole nitrogens is 1. The van der Waals surface area contributed by atoms with Gasteiger partial charge in [-0.25, -0.2) is 24.5 Å². The first kappa shape index (κ1) is 25.4. The third-order valence-electron chi connectivity index (χ3n) is 3.62. The van der Waals surface area contributed by atoms with Crippen LogP contribution in [0.4, 0.5) is 4.79 Å². The Balaban J connectivity index is 1.89. The summed E-state index contributed by atoms with van der Waals surface area (Å²) in [6, 6.07) is -1.06. The maximum Gasteiger partial charge on any atom is 0.408 e. The summed E-state index contributed by atoms with van der Waals surface area (Å²) in [4.78, 5) is 51.9. The molecule has 176 valence electrons. The van der Waals surface area contributed by atoms with Gasteiger partial charge in [0.2, 0.25) is 0 Å². The highest BCUT2D eigenvalue weighted by atomic mass is 32.2. The van der Waals surface area contributed by atoms with Gasteiger partial charge >= 0.3 is 18.0 Å². The van der Waals surface area contributed by atoms with Crippen LogP contribution in [-0.4, -0.2) is 61.2 Å². The minimum atomic E-state index is -1.06. The average molecular weight is 468 g/mol. The first-order valence-corrected chi connectivity index (χ1v) is 11.0. The molecule has 2 N–H and O–H groups in total. The number of hydrogen-bond acceptors (Lipinski definition) is 10. The molecule has 11 nitrogen and oxygen atoms in total. The number of hydrogen-bond donors (Lipinski definition) is 2. The van der Waals surface area contributed by atoms with Crippen molar-refractivity contribution in [1.82, 2.24) is 25.3 Å². The van der Waals surface area contributed by atoms with Crippen molar-refractivity contribution in [3.63, 3.8) is 0 Å². The zero-order chi connectivity index (χ0) is 23.9. The van der Waals surface area contributed by atoms with Gasteiger partial charge in [0.25, 0.3) is 0 Å². The van der Waals surface area contributed by atoms with Gasteiger partial charge in [0.05, 0.1) is 6.33 Å². The number of aromatic amines is 1. The molecule has 1 atom stereocenters. The Bertz CT molecular complexity index is 950. The van der Waals surface area contributed by atoms with Crippen LogP contribution in [0.1, 0.15) is 54.4 Å². The van der Waals surface area contributed by atoms with Crippen molar-refractivity contribution in [2.45, 2.75) is 76.7 Å². The summed E-state index contributed by atoms with van der Waals surface area (Å²) in [5.74, 6) is -1.18. The fourth-order valence-corrected chi connectivity index (χ4v) is 3.13. The second-order valence-corrected chi connectivity index (χ2v) is 9.74. The van der Waals surface area contributed by atoms with Crippen molar-refractivity contribution in [1.29, 1.82) is 0 Å². The molecular weight excluding hydrogens is 438 g/mol. The second kappa shape index (κ2) is 10.6. The number of aromatic nitrogens is 4. The average Bonchev–Trinajstić information content (AvgIpc) is 3.11. The molecule has 0 aliphatic rings. The third kappa shape index (κ3) is 8.69. The Morgan fingerprint density at radius 2 is 1.75 bits per heavy atom. The molecule has 2 aromatic heterocycles. The highest BCUT2D eigenvalue weighted by Crippen LogP contribution is 2.22. The van der Waals surface area contributed by atoms with Crippen molar-refractivity contribution in [3.05, 3.63) is 12.7 Å². The fourth-order valence-electron chi connectivity index (χ4n) is 2.41. The van der Waals surface area contributed by atoms with E-state index in [1.807, 2.05) is 0 Å². The number of amides is 1. The summed E-state index contributed by atoms with van der Waals surface area (Å²) in [5.41, 5.74) is -0.320. The molecule has 0 saturated heterocycles. The lowest BCUT2D eigenvalue weighted by molar-refractivity contribution is -0.157. The molecule has 0 radical (unpaired) electrons. The molecule has 0 aliphatic heterocycles. The predicted octanol–water partition coefficient (Wildman–Crippen LogP) is 2.96. The zero-order valence-corrected chi connectivity index (χ0v) is 19.9. The highest BCUT2D eigenvalue weighted by molar-refractivity contribution is 7.99. The largest absolute Gasteiger partial charge is 0.458 e. The van der Waals surface area contributed by atoms with Crippen molar-refractivity contribution >= 4 is 41.0 Å². The van der Waals surface area contributed by atoms with E-state index in [1.54, 1.807) is 41.5 Å².